The molecule has 1 rings (SSSR count). The summed E-state index contributed by atoms with van der Waals surface area (Å²) in [5.74, 6) is 1.00. The van der Waals surface area contributed by atoms with E-state index < -0.39 is 0 Å². The minimum Gasteiger partial charge on any atom is -0.102 e. The number of allylic oxidation sites excluding steroid dienone is 1. The summed E-state index contributed by atoms with van der Waals surface area (Å²) >= 11 is 0. The Balaban J connectivity index is 3.33. The van der Waals surface area contributed by atoms with E-state index in [2.05, 4.69) is 66.3 Å². The number of hydrogen-bond acceptors (Lipinski definition) is 0. The van der Waals surface area contributed by atoms with Crippen LogP contribution in [-0.2, 0) is 5.41 Å². The molecule has 1 unspecified atom stereocenters. The third-order valence-corrected chi connectivity index (χ3v) is 3.39. The Morgan fingerprint density at radius 3 is 1.94 bits per heavy atom. The van der Waals surface area contributed by atoms with Crippen molar-refractivity contribution < 1.29 is 0 Å². The molecule has 1 aromatic carbocycles. The topological polar surface area (TPSA) is 0 Å². The van der Waals surface area contributed by atoms with Gasteiger partial charge in [-0.15, -0.1) is 6.58 Å². The van der Waals surface area contributed by atoms with E-state index in [1.54, 1.807) is 0 Å². The number of hydrogen-bond donors (Lipinski definition) is 0. The molecule has 17 heavy (non-hydrogen) atoms. The van der Waals surface area contributed by atoms with Crippen LogP contribution in [0, 0.1) is 0 Å². The molecule has 94 valence electrons. The summed E-state index contributed by atoms with van der Waals surface area (Å²) in [7, 11) is 0. The largest absolute Gasteiger partial charge is 0.102 e. The Hall–Kier alpha value is -1.04. The van der Waals surface area contributed by atoms with Gasteiger partial charge in [-0.25, -0.2) is 0 Å². The molecule has 0 spiro atoms. The fraction of sp³-hybridized carbons (Fsp3) is 0.529. The molecular weight excluding hydrogens is 204 g/mol. The zero-order valence-corrected chi connectivity index (χ0v) is 12.2. The van der Waals surface area contributed by atoms with Gasteiger partial charge in [-0.2, -0.15) is 0 Å². The average Bonchev–Trinajstić information content (AvgIpc) is 2.26. The first-order valence-corrected chi connectivity index (χ1v) is 6.53. The fourth-order valence-corrected chi connectivity index (χ4v) is 1.84. The summed E-state index contributed by atoms with van der Waals surface area (Å²) in [6.07, 6.45) is 2.02. The summed E-state index contributed by atoms with van der Waals surface area (Å²) in [6.45, 7) is 17.4. The normalized spacial score (nSPS) is 13.8. The number of benzene rings is 1. The highest BCUT2D eigenvalue weighted by Gasteiger charge is 2.17. The highest BCUT2D eigenvalue weighted by Crippen LogP contribution is 2.30. The van der Waals surface area contributed by atoms with Crippen molar-refractivity contribution in [1.82, 2.24) is 0 Å². The maximum atomic E-state index is 3.90. The molecule has 0 heteroatoms. The van der Waals surface area contributed by atoms with Crippen LogP contribution in [0.3, 0.4) is 0 Å². The van der Waals surface area contributed by atoms with E-state index in [9.17, 15) is 0 Å². The molecule has 0 heterocycles. The van der Waals surface area contributed by atoms with Crippen molar-refractivity contribution >= 4 is 0 Å². The van der Waals surface area contributed by atoms with Gasteiger partial charge < -0.3 is 0 Å². The average molecular weight is 230 g/mol. The monoisotopic (exact) mass is 230 g/mol. The Morgan fingerprint density at radius 1 is 1.00 bits per heavy atom. The maximum Gasteiger partial charge on any atom is -0.00129 e. The van der Waals surface area contributed by atoms with Gasteiger partial charge in [0.2, 0.25) is 0 Å². The van der Waals surface area contributed by atoms with Crippen molar-refractivity contribution in [2.45, 2.75) is 58.8 Å². The van der Waals surface area contributed by atoms with Crippen LogP contribution in [0.1, 0.15) is 70.1 Å². The fourth-order valence-electron chi connectivity index (χ4n) is 1.84. The van der Waals surface area contributed by atoms with Gasteiger partial charge in [0.15, 0.2) is 0 Å². The summed E-state index contributed by atoms with van der Waals surface area (Å²) < 4.78 is 0. The van der Waals surface area contributed by atoms with Gasteiger partial charge in [-0.1, -0.05) is 65.8 Å². The molecule has 0 aliphatic carbocycles. The van der Waals surface area contributed by atoms with Crippen molar-refractivity contribution in [1.29, 1.82) is 0 Å². The first-order valence-electron chi connectivity index (χ1n) is 6.53. The lowest BCUT2D eigenvalue weighted by Crippen LogP contribution is -2.12. The zero-order valence-electron chi connectivity index (χ0n) is 12.2. The van der Waals surface area contributed by atoms with Gasteiger partial charge in [0.05, 0.1) is 0 Å². The molecule has 0 N–H and O–H groups in total. The summed E-state index contributed by atoms with van der Waals surface area (Å²) in [4.78, 5) is 0. The molecule has 1 atom stereocenters. The second-order valence-electron chi connectivity index (χ2n) is 6.32. The minimum atomic E-state index is 0.209. The SMILES string of the molecule is C=CC(C)c1cc(C(C)C)cc(C(C)(C)C)c1. The standard InChI is InChI=1S/C17H26/c1-8-13(4)15-9-14(12(2)3)10-16(11-15)17(5,6)7/h8-13H,1H2,2-7H3. The van der Waals surface area contributed by atoms with Crippen LogP contribution in [0.4, 0.5) is 0 Å². The maximum absolute atomic E-state index is 3.90. The molecule has 0 radical (unpaired) electrons. The highest BCUT2D eigenvalue weighted by molar-refractivity contribution is 5.38. The second kappa shape index (κ2) is 5.08. The third-order valence-electron chi connectivity index (χ3n) is 3.39. The smallest absolute Gasteiger partial charge is 0.00129 e. The van der Waals surface area contributed by atoms with Crippen LogP contribution < -0.4 is 0 Å². The molecule has 0 aliphatic rings. The molecule has 0 bridgehead atoms. The number of rotatable bonds is 3. The summed E-state index contributed by atoms with van der Waals surface area (Å²) in [5, 5.41) is 0. The molecular formula is C17H26. The van der Waals surface area contributed by atoms with Crippen LogP contribution >= 0.6 is 0 Å². The molecule has 0 saturated carbocycles. The Kier molecular flexibility index (Phi) is 4.19. The van der Waals surface area contributed by atoms with E-state index in [0.29, 0.717) is 11.8 Å². The first-order chi connectivity index (χ1) is 7.75. The van der Waals surface area contributed by atoms with Crippen LogP contribution in [0.5, 0.6) is 0 Å². The van der Waals surface area contributed by atoms with E-state index >= 15 is 0 Å². The van der Waals surface area contributed by atoms with Gasteiger partial charge in [-0.05, 0) is 33.9 Å². The lowest BCUT2D eigenvalue weighted by atomic mass is 9.82. The Bertz CT molecular complexity index is 391. The Morgan fingerprint density at radius 2 is 1.53 bits per heavy atom. The van der Waals surface area contributed by atoms with E-state index in [1.165, 1.54) is 16.7 Å². The predicted molar refractivity (Wildman–Crippen MR) is 77.8 cm³/mol. The van der Waals surface area contributed by atoms with Gasteiger partial charge in [0.1, 0.15) is 0 Å². The van der Waals surface area contributed by atoms with Crippen LogP contribution in [0.25, 0.3) is 0 Å². The van der Waals surface area contributed by atoms with E-state index in [0.717, 1.165) is 0 Å². The van der Waals surface area contributed by atoms with E-state index in [1.807, 2.05) is 6.08 Å². The van der Waals surface area contributed by atoms with Gasteiger partial charge in [-0.3, -0.25) is 0 Å². The van der Waals surface area contributed by atoms with Crippen molar-refractivity contribution in [2.24, 2.45) is 0 Å². The molecule has 0 fully saturated rings. The summed E-state index contributed by atoms with van der Waals surface area (Å²) in [5.41, 5.74) is 4.45. The first kappa shape index (κ1) is 14.0. The summed E-state index contributed by atoms with van der Waals surface area (Å²) in [6, 6.07) is 7.01. The van der Waals surface area contributed by atoms with Crippen LogP contribution in [0.15, 0.2) is 30.9 Å². The van der Waals surface area contributed by atoms with Crippen LogP contribution in [0.2, 0.25) is 0 Å². The minimum absolute atomic E-state index is 0.209. The molecule has 1 aromatic rings. The lowest BCUT2D eigenvalue weighted by Gasteiger charge is -2.23. The van der Waals surface area contributed by atoms with Crippen LogP contribution in [-0.4, -0.2) is 0 Å². The lowest BCUT2D eigenvalue weighted by molar-refractivity contribution is 0.587. The second-order valence-corrected chi connectivity index (χ2v) is 6.32. The van der Waals surface area contributed by atoms with Gasteiger partial charge in [0, 0.05) is 0 Å². The molecule has 0 amide bonds. The van der Waals surface area contributed by atoms with Crippen molar-refractivity contribution in [2.75, 3.05) is 0 Å². The predicted octanol–water partition coefficient (Wildman–Crippen LogP) is 5.40. The van der Waals surface area contributed by atoms with Crippen molar-refractivity contribution in [3.63, 3.8) is 0 Å². The van der Waals surface area contributed by atoms with E-state index in [4.69, 9.17) is 0 Å². The molecule has 0 aromatic heterocycles. The molecule has 0 saturated heterocycles. The van der Waals surface area contributed by atoms with E-state index in [-0.39, 0.29) is 5.41 Å². The van der Waals surface area contributed by atoms with Crippen molar-refractivity contribution in [3.8, 4) is 0 Å². The molecule has 0 aliphatic heterocycles. The van der Waals surface area contributed by atoms with Crippen molar-refractivity contribution in [3.05, 3.63) is 47.5 Å². The zero-order chi connectivity index (χ0) is 13.2. The molecule has 0 nitrogen and oxygen atoms in total. The van der Waals surface area contributed by atoms with Gasteiger partial charge >= 0.3 is 0 Å². The van der Waals surface area contributed by atoms with Gasteiger partial charge in [0.25, 0.3) is 0 Å². The third kappa shape index (κ3) is 3.46. The quantitative estimate of drug-likeness (QED) is 0.610. The Labute approximate surface area is 107 Å². The highest BCUT2D eigenvalue weighted by atomic mass is 14.2.